The first kappa shape index (κ1) is 16.9. The summed E-state index contributed by atoms with van der Waals surface area (Å²) in [7, 11) is -1.72. The summed E-state index contributed by atoms with van der Waals surface area (Å²) in [5.74, 6) is 0.958. The molecule has 1 heterocycles. The molecule has 0 aromatic carbocycles. The van der Waals surface area contributed by atoms with E-state index >= 15 is 0 Å². The molecule has 0 bridgehead atoms. The number of nitrogens with zero attached hydrogens (tertiary/aromatic N) is 2. The molecule has 6 heteroatoms. The molecule has 0 saturated carbocycles. The van der Waals surface area contributed by atoms with Gasteiger partial charge in [0, 0.05) is 32.4 Å². The molecule has 0 fully saturated rings. The summed E-state index contributed by atoms with van der Waals surface area (Å²) < 4.78 is 26.9. The van der Waals surface area contributed by atoms with E-state index < -0.39 is 10.0 Å². The van der Waals surface area contributed by atoms with Crippen molar-refractivity contribution in [2.24, 2.45) is 5.92 Å². The van der Waals surface area contributed by atoms with Crippen LogP contribution in [-0.4, -0.2) is 37.8 Å². The summed E-state index contributed by atoms with van der Waals surface area (Å²) in [4.78, 5) is 4.35. The van der Waals surface area contributed by atoms with Crippen LogP contribution in [0, 0.1) is 5.92 Å². The SMILES string of the molecule is CCC(CC)CN(CC)S(=O)(=O)c1ccnc(NC)c1. The molecule has 1 aromatic rings. The van der Waals surface area contributed by atoms with E-state index in [-0.39, 0.29) is 0 Å². The Bertz CT molecular complexity index is 513. The second-order valence-electron chi connectivity index (χ2n) is 4.76. The van der Waals surface area contributed by atoms with Crippen molar-refractivity contribution in [2.75, 3.05) is 25.5 Å². The lowest BCUT2D eigenvalue weighted by molar-refractivity contribution is 0.339. The highest BCUT2D eigenvalue weighted by molar-refractivity contribution is 7.89. The van der Waals surface area contributed by atoms with Gasteiger partial charge in [-0.15, -0.1) is 0 Å². The van der Waals surface area contributed by atoms with Gasteiger partial charge in [-0.2, -0.15) is 4.31 Å². The molecule has 1 aromatic heterocycles. The zero-order valence-corrected chi connectivity index (χ0v) is 13.6. The van der Waals surface area contributed by atoms with Crippen LogP contribution >= 0.6 is 0 Å². The second-order valence-corrected chi connectivity index (χ2v) is 6.70. The van der Waals surface area contributed by atoms with Gasteiger partial charge in [-0.3, -0.25) is 0 Å². The molecule has 5 nitrogen and oxygen atoms in total. The molecule has 0 amide bonds. The Balaban J connectivity index is 3.04. The first-order valence-corrected chi connectivity index (χ1v) is 8.57. The van der Waals surface area contributed by atoms with Crippen molar-refractivity contribution in [2.45, 2.75) is 38.5 Å². The number of pyridine rings is 1. The highest BCUT2D eigenvalue weighted by atomic mass is 32.2. The van der Waals surface area contributed by atoms with Gasteiger partial charge in [-0.25, -0.2) is 13.4 Å². The lowest BCUT2D eigenvalue weighted by Gasteiger charge is -2.24. The largest absolute Gasteiger partial charge is 0.373 e. The lowest BCUT2D eigenvalue weighted by atomic mass is 10.0. The fraction of sp³-hybridized carbons (Fsp3) is 0.643. The third-order valence-electron chi connectivity index (χ3n) is 3.59. The van der Waals surface area contributed by atoms with Gasteiger partial charge in [-0.05, 0) is 12.0 Å². The van der Waals surface area contributed by atoms with E-state index in [0.29, 0.717) is 29.7 Å². The van der Waals surface area contributed by atoms with E-state index in [1.807, 2.05) is 6.92 Å². The molecular weight excluding hydrogens is 274 g/mol. The van der Waals surface area contributed by atoms with E-state index in [0.717, 1.165) is 12.8 Å². The van der Waals surface area contributed by atoms with Crippen LogP contribution in [0.3, 0.4) is 0 Å². The number of nitrogens with one attached hydrogen (secondary N) is 1. The molecule has 20 heavy (non-hydrogen) atoms. The smallest absolute Gasteiger partial charge is 0.243 e. The van der Waals surface area contributed by atoms with Gasteiger partial charge in [0.1, 0.15) is 5.82 Å². The first-order chi connectivity index (χ1) is 9.49. The van der Waals surface area contributed by atoms with Crippen LogP contribution in [-0.2, 0) is 10.0 Å². The molecule has 1 rings (SSSR count). The Morgan fingerprint density at radius 2 is 1.95 bits per heavy atom. The molecule has 0 aliphatic heterocycles. The maximum atomic E-state index is 12.7. The minimum atomic E-state index is -3.45. The topological polar surface area (TPSA) is 62.3 Å². The van der Waals surface area contributed by atoms with Gasteiger partial charge in [0.15, 0.2) is 0 Å². The van der Waals surface area contributed by atoms with E-state index in [1.165, 1.54) is 6.20 Å². The average molecular weight is 299 g/mol. The normalized spacial score (nSPS) is 12.1. The zero-order chi connectivity index (χ0) is 15.2. The van der Waals surface area contributed by atoms with Crippen LogP contribution in [0.1, 0.15) is 33.6 Å². The van der Waals surface area contributed by atoms with Gasteiger partial charge in [-0.1, -0.05) is 33.6 Å². The molecule has 0 atom stereocenters. The Kier molecular flexibility index (Phi) is 6.42. The van der Waals surface area contributed by atoms with Crippen LogP contribution < -0.4 is 5.32 Å². The summed E-state index contributed by atoms with van der Waals surface area (Å²) in [6.07, 6.45) is 3.49. The van der Waals surface area contributed by atoms with Crippen LogP contribution in [0.15, 0.2) is 23.2 Å². The Hall–Kier alpha value is -1.14. The van der Waals surface area contributed by atoms with Crippen molar-refractivity contribution in [3.63, 3.8) is 0 Å². The lowest BCUT2D eigenvalue weighted by Crippen LogP contribution is -2.35. The maximum absolute atomic E-state index is 12.7. The second kappa shape index (κ2) is 7.59. The van der Waals surface area contributed by atoms with Gasteiger partial charge >= 0.3 is 0 Å². The summed E-state index contributed by atoms with van der Waals surface area (Å²) >= 11 is 0. The van der Waals surface area contributed by atoms with E-state index in [1.54, 1.807) is 23.5 Å². The monoisotopic (exact) mass is 299 g/mol. The fourth-order valence-electron chi connectivity index (χ4n) is 2.09. The number of sulfonamides is 1. The molecule has 114 valence electrons. The number of hydrogen-bond donors (Lipinski definition) is 1. The van der Waals surface area contributed by atoms with Crippen molar-refractivity contribution in [3.8, 4) is 0 Å². The van der Waals surface area contributed by atoms with Crippen molar-refractivity contribution in [1.82, 2.24) is 9.29 Å². The summed E-state index contributed by atoms with van der Waals surface area (Å²) in [5.41, 5.74) is 0. The van der Waals surface area contributed by atoms with Crippen molar-refractivity contribution < 1.29 is 8.42 Å². The van der Waals surface area contributed by atoms with E-state index in [2.05, 4.69) is 24.1 Å². The molecule has 0 radical (unpaired) electrons. The minimum Gasteiger partial charge on any atom is -0.373 e. The van der Waals surface area contributed by atoms with Crippen LogP contribution in [0.2, 0.25) is 0 Å². The fourth-order valence-corrected chi connectivity index (χ4v) is 3.63. The number of hydrogen-bond acceptors (Lipinski definition) is 4. The molecular formula is C14H25N3O2S. The van der Waals surface area contributed by atoms with Gasteiger partial charge in [0.2, 0.25) is 10.0 Å². The molecule has 0 aliphatic rings. The summed E-state index contributed by atoms with van der Waals surface area (Å²) in [5, 5.41) is 2.87. The van der Waals surface area contributed by atoms with E-state index in [4.69, 9.17) is 0 Å². The average Bonchev–Trinajstić information content (AvgIpc) is 2.48. The predicted molar refractivity (Wildman–Crippen MR) is 82.3 cm³/mol. The van der Waals surface area contributed by atoms with Crippen LogP contribution in [0.25, 0.3) is 0 Å². The summed E-state index contributed by atoms with van der Waals surface area (Å²) in [6, 6.07) is 3.12. The highest BCUT2D eigenvalue weighted by Crippen LogP contribution is 2.20. The molecule has 0 saturated heterocycles. The minimum absolute atomic E-state index is 0.296. The van der Waals surface area contributed by atoms with Crippen LogP contribution in [0.4, 0.5) is 5.82 Å². The quantitative estimate of drug-likeness (QED) is 0.801. The standard InChI is InChI=1S/C14H25N3O2S/c1-5-12(6-2)11-17(7-3)20(18,19)13-8-9-16-14(10-13)15-4/h8-10,12H,5-7,11H2,1-4H3,(H,15,16). The van der Waals surface area contributed by atoms with Gasteiger partial charge in [0.25, 0.3) is 0 Å². The number of aromatic nitrogens is 1. The molecule has 0 unspecified atom stereocenters. The van der Waals surface area contributed by atoms with Gasteiger partial charge in [0.05, 0.1) is 4.90 Å². The van der Waals surface area contributed by atoms with Crippen LogP contribution in [0.5, 0.6) is 0 Å². The van der Waals surface area contributed by atoms with Crippen molar-refractivity contribution >= 4 is 15.8 Å². The van der Waals surface area contributed by atoms with Gasteiger partial charge < -0.3 is 5.32 Å². The Morgan fingerprint density at radius 1 is 1.30 bits per heavy atom. The first-order valence-electron chi connectivity index (χ1n) is 7.13. The predicted octanol–water partition coefficient (Wildman–Crippen LogP) is 2.57. The molecule has 1 N–H and O–H groups in total. The zero-order valence-electron chi connectivity index (χ0n) is 12.8. The molecule has 0 aliphatic carbocycles. The number of anilines is 1. The Labute approximate surface area is 122 Å². The third-order valence-corrected chi connectivity index (χ3v) is 5.53. The Morgan fingerprint density at radius 3 is 2.45 bits per heavy atom. The highest BCUT2D eigenvalue weighted by Gasteiger charge is 2.25. The summed E-state index contributed by atoms with van der Waals surface area (Å²) in [6.45, 7) is 7.12. The third kappa shape index (κ3) is 3.93. The van der Waals surface area contributed by atoms with Crippen molar-refractivity contribution in [3.05, 3.63) is 18.3 Å². The van der Waals surface area contributed by atoms with E-state index in [9.17, 15) is 8.42 Å². The van der Waals surface area contributed by atoms with Crippen molar-refractivity contribution in [1.29, 1.82) is 0 Å². The molecule has 0 spiro atoms. The number of rotatable bonds is 8. The maximum Gasteiger partial charge on any atom is 0.243 e.